The van der Waals surface area contributed by atoms with Gasteiger partial charge >= 0.3 is 0 Å². The lowest BCUT2D eigenvalue weighted by Gasteiger charge is -2.31. The van der Waals surface area contributed by atoms with Gasteiger partial charge in [-0.1, -0.05) is 35.5 Å². The molecule has 30 heavy (non-hydrogen) atoms. The van der Waals surface area contributed by atoms with Crippen molar-refractivity contribution in [2.24, 2.45) is 5.92 Å². The highest BCUT2D eigenvalue weighted by Gasteiger charge is 2.54. The summed E-state index contributed by atoms with van der Waals surface area (Å²) in [7, 11) is -3.74. The molecule has 3 aromatic rings. The van der Waals surface area contributed by atoms with E-state index in [4.69, 9.17) is 4.52 Å². The number of rotatable bonds is 5. The summed E-state index contributed by atoms with van der Waals surface area (Å²) in [6.45, 7) is 5.70. The van der Waals surface area contributed by atoms with E-state index >= 15 is 0 Å². The fraction of sp³-hybridized carbons (Fsp3) is 0.476. The zero-order valence-corrected chi connectivity index (χ0v) is 18.1. The van der Waals surface area contributed by atoms with Crippen molar-refractivity contribution < 1.29 is 12.9 Å². The third kappa shape index (κ3) is 2.99. The Morgan fingerprint density at radius 1 is 1.17 bits per heavy atom. The largest absolute Gasteiger partial charge is 0.337 e. The summed E-state index contributed by atoms with van der Waals surface area (Å²) in [5, 5.41) is 8.54. The van der Waals surface area contributed by atoms with Gasteiger partial charge in [0.15, 0.2) is 0 Å². The van der Waals surface area contributed by atoms with Crippen molar-refractivity contribution in [1.82, 2.24) is 24.2 Å². The molecule has 0 amide bonds. The Kier molecular flexibility index (Phi) is 4.55. The number of aromatic nitrogens is 4. The summed E-state index contributed by atoms with van der Waals surface area (Å²) in [5.74, 6) is 1.04. The quantitative estimate of drug-likeness (QED) is 0.616. The molecule has 8 nitrogen and oxygen atoms in total. The number of hydrogen-bond donors (Lipinski definition) is 0. The van der Waals surface area contributed by atoms with Crippen molar-refractivity contribution in [2.75, 3.05) is 0 Å². The van der Waals surface area contributed by atoms with E-state index in [-0.39, 0.29) is 22.9 Å². The average Bonchev–Trinajstić information content (AvgIpc) is 3.50. The lowest BCUT2D eigenvalue weighted by atomic mass is 10.00. The molecular formula is C21H25N5O3S. The van der Waals surface area contributed by atoms with E-state index in [0.29, 0.717) is 17.4 Å². The molecule has 1 aromatic carbocycles. The minimum atomic E-state index is -3.74. The first-order chi connectivity index (χ1) is 14.4. The molecule has 0 spiro atoms. The van der Waals surface area contributed by atoms with E-state index in [0.717, 1.165) is 24.8 Å². The minimum Gasteiger partial charge on any atom is -0.337 e. The summed E-state index contributed by atoms with van der Waals surface area (Å²) < 4.78 is 36.4. The Balaban J connectivity index is 1.54. The van der Waals surface area contributed by atoms with Crippen molar-refractivity contribution in [1.29, 1.82) is 0 Å². The molecule has 1 aliphatic carbocycles. The van der Waals surface area contributed by atoms with Crippen LogP contribution in [-0.4, -0.2) is 38.7 Å². The van der Waals surface area contributed by atoms with Crippen LogP contribution < -0.4 is 0 Å². The minimum absolute atomic E-state index is 0.0427. The number of sulfonamides is 1. The molecule has 158 valence electrons. The highest BCUT2D eigenvalue weighted by molar-refractivity contribution is 7.89. The normalized spacial score (nSPS) is 24.2. The van der Waals surface area contributed by atoms with E-state index < -0.39 is 16.1 Å². The van der Waals surface area contributed by atoms with Crippen molar-refractivity contribution in [3.05, 3.63) is 48.1 Å². The maximum absolute atomic E-state index is 13.7. The van der Waals surface area contributed by atoms with Gasteiger partial charge in [0.1, 0.15) is 10.9 Å². The van der Waals surface area contributed by atoms with Gasteiger partial charge in [-0.3, -0.25) is 4.68 Å². The molecule has 5 rings (SSSR count). The fourth-order valence-electron chi connectivity index (χ4n) is 4.76. The topological polar surface area (TPSA) is 94.1 Å². The lowest BCUT2D eigenvalue weighted by molar-refractivity contribution is 0.197. The van der Waals surface area contributed by atoms with Crippen molar-refractivity contribution in [2.45, 2.75) is 63.1 Å². The molecule has 9 heteroatoms. The first-order valence-electron chi connectivity index (χ1n) is 10.3. The highest BCUT2D eigenvalue weighted by atomic mass is 32.2. The number of nitrogens with zero attached hydrogens (tertiary/aromatic N) is 5. The monoisotopic (exact) mass is 427 g/mol. The molecule has 2 fully saturated rings. The second-order valence-corrected chi connectivity index (χ2v) is 10.3. The third-order valence-corrected chi connectivity index (χ3v) is 8.25. The molecule has 1 aliphatic heterocycles. The van der Waals surface area contributed by atoms with Crippen molar-refractivity contribution in [3.63, 3.8) is 0 Å². The van der Waals surface area contributed by atoms with Crippen LogP contribution >= 0.6 is 0 Å². The Bertz CT molecular complexity index is 1170. The lowest BCUT2D eigenvalue weighted by Crippen LogP contribution is -2.40. The van der Waals surface area contributed by atoms with Gasteiger partial charge in [-0.25, -0.2) is 8.42 Å². The maximum Gasteiger partial charge on any atom is 0.247 e. The van der Waals surface area contributed by atoms with E-state index in [9.17, 15) is 8.42 Å². The summed E-state index contributed by atoms with van der Waals surface area (Å²) >= 11 is 0. The zero-order chi connectivity index (χ0) is 21.0. The predicted molar refractivity (Wildman–Crippen MR) is 110 cm³/mol. The fourth-order valence-corrected chi connectivity index (χ4v) is 6.78. The third-order valence-electron chi connectivity index (χ3n) is 6.21. The van der Waals surface area contributed by atoms with E-state index in [1.165, 1.54) is 0 Å². The number of hydrogen-bond acceptors (Lipinski definition) is 6. The summed E-state index contributed by atoms with van der Waals surface area (Å²) in [6, 6.07) is 9.18. The van der Waals surface area contributed by atoms with Crippen LogP contribution in [0, 0.1) is 12.8 Å². The SMILES string of the molecule is Cc1nn(C(C)C)cc1S(=O)(=O)N1[C@@H]2CC[C@@H](C2)[C@H]1c1nc(-c2ccccc2)no1. The second-order valence-electron chi connectivity index (χ2n) is 8.48. The molecule has 1 saturated carbocycles. The molecule has 0 unspecified atom stereocenters. The number of fused-ring (bicyclic) bond motifs is 2. The molecule has 0 radical (unpaired) electrons. The highest BCUT2D eigenvalue weighted by Crippen LogP contribution is 2.52. The van der Waals surface area contributed by atoms with Gasteiger partial charge < -0.3 is 4.52 Å². The number of benzene rings is 1. The number of piperidine rings is 1. The van der Waals surface area contributed by atoms with E-state index in [1.807, 2.05) is 44.2 Å². The molecule has 3 atom stereocenters. The molecule has 2 aromatic heterocycles. The van der Waals surface area contributed by atoms with Crippen molar-refractivity contribution in [3.8, 4) is 11.4 Å². The van der Waals surface area contributed by atoms with Gasteiger partial charge in [0, 0.05) is 23.8 Å². The molecule has 2 bridgehead atoms. The first-order valence-corrected chi connectivity index (χ1v) is 11.8. The zero-order valence-electron chi connectivity index (χ0n) is 17.3. The van der Waals surface area contributed by atoms with Crippen LogP contribution in [0.2, 0.25) is 0 Å². The molecule has 1 saturated heterocycles. The summed E-state index contributed by atoms with van der Waals surface area (Å²) in [5.41, 5.74) is 1.36. The van der Waals surface area contributed by atoms with E-state index in [1.54, 1.807) is 22.1 Å². The standard InChI is InChI=1S/C21H25N5O3S/c1-13(2)25-12-18(14(3)23-25)30(27,28)26-17-10-9-16(11-17)19(26)21-22-20(24-29-21)15-7-5-4-6-8-15/h4-8,12-13,16-17,19H,9-11H2,1-3H3/t16-,17+,19-/m0/s1. The van der Waals surface area contributed by atoms with Crippen LogP contribution in [0.3, 0.4) is 0 Å². The molecule has 0 N–H and O–H groups in total. The Morgan fingerprint density at radius 2 is 1.93 bits per heavy atom. The van der Waals surface area contributed by atoms with Gasteiger partial charge in [0.05, 0.1) is 5.69 Å². The van der Waals surface area contributed by atoms with Gasteiger partial charge in [-0.05, 0) is 46.0 Å². The summed E-state index contributed by atoms with van der Waals surface area (Å²) in [6.07, 6.45) is 4.29. The average molecular weight is 428 g/mol. The van der Waals surface area contributed by atoms with Crippen LogP contribution in [-0.2, 0) is 10.0 Å². The van der Waals surface area contributed by atoms with Gasteiger partial charge in [0.25, 0.3) is 0 Å². The molecule has 2 aliphatic rings. The Hall–Kier alpha value is -2.52. The smallest absolute Gasteiger partial charge is 0.247 e. The maximum atomic E-state index is 13.7. The van der Waals surface area contributed by atoms with Gasteiger partial charge in [0.2, 0.25) is 21.7 Å². The Morgan fingerprint density at radius 3 is 2.63 bits per heavy atom. The first kappa shape index (κ1) is 19.4. The van der Waals surface area contributed by atoms with Crippen LogP contribution in [0.15, 0.2) is 45.9 Å². The van der Waals surface area contributed by atoms with Crippen LogP contribution in [0.1, 0.15) is 56.8 Å². The van der Waals surface area contributed by atoms with Crippen LogP contribution in [0.25, 0.3) is 11.4 Å². The predicted octanol–water partition coefficient (Wildman–Crippen LogP) is 3.74. The molecule has 3 heterocycles. The van der Waals surface area contributed by atoms with Crippen molar-refractivity contribution >= 4 is 10.0 Å². The second kappa shape index (κ2) is 7.02. The van der Waals surface area contributed by atoms with Crippen LogP contribution in [0.4, 0.5) is 0 Å². The molecular weight excluding hydrogens is 402 g/mol. The Labute approximate surface area is 175 Å². The van der Waals surface area contributed by atoms with E-state index in [2.05, 4.69) is 15.2 Å². The van der Waals surface area contributed by atoms with Gasteiger partial charge in [-0.15, -0.1) is 0 Å². The van der Waals surface area contributed by atoms with Gasteiger partial charge in [-0.2, -0.15) is 14.4 Å². The number of aryl methyl sites for hydroxylation is 1. The summed E-state index contributed by atoms with van der Waals surface area (Å²) in [4.78, 5) is 4.85. The van der Waals surface area contributed by atoms with Crippen LogP contribution in [0.5, 0.6) is 0 Å².